The molecule has 0 spiro atoms. The van der Waals surface area contributed by atoms with Crippen LogP contribution in [0.15, 0.2) is 18.2 Å². The van der Waals surface area contributed by atoms with Gasteiger partial charge in [-0.25, -0.2) is 0 Å². The number of hydrogen-bond donors (Lipinski definition) is 3. The van der Waals surface area contributed by atoms with Gasteiger partial charge in [-0.3, -0.25) is 9.59 Å². The molecule has 0 heterocycles. The van der Waals surface area contributed by atoms with Gasteiger partial charge in [0.25, 0.3) is 0 Å². The second-order valence-corrected chi connectivity index (χ2v) is 3.63. The Balaban J connectivity index is 2.89. The molecule has 0 radical (unpaired) electrons. The zero-order valence-electron chi connectivity index (χ0n) is 9.28. The highest BCUT2D eigenvalue weighted by molar-refractivity contribution is 5.99. The minimum atomic E-state index is -0.484. The van der Waals surface area contributed by atoms with E-state index in [2.05, 4.69) is 5.32 Å². The van der Waals surface area contributed by atoms with E-state index in [0.717, 1.165) is 0 Å². The summed E-state index contributed by atoms with van der Waals surface area (Å²) in [5.41, 5.74) is 12.3. The molecule has 1 aromatic carbocycles. The van der Waals surface area contributed by atoms with Crippen LogP contribution in [0, 0.1) is 0 Å². The van der Waals surface area contributed by atoms with E-state index in [-0.39, 0.29) is 5.78 Å². The van der Waals surface area contributed by atoms with Crippen LogP contribution in [-0.4, -0.2) is 17.7 Å². The Morgan fingerprint density at radius 1 is 1.38 bits per heavy atom. The Labute approximate surface area is 93.8 Å². The normalized spacial score (nSPS) is 11.9. The lowest BCUT2D eigenvalue weighted by molar-refractivity contribution is -0.118. The van der Waals surface area contributed by atoms with Crippen molar-refractivity contribution in [1.82, 2.24) is 0 Å². The third-order valence-corrected chi connectivity index (χ3v) is 2.24. The lowest BCUT2D eigenvalue weighted by Gasteiger charge is -2.12. The number of nitrogen functional groups attached to an aromatic ring is 1. The minimum Gasteiger partial charge on any atom is -0.398 e. The number of nitrogens with one attached hydrogen (secondary N) is 1. The molecule has 1 rings (SSSR count). The van der Waals surface area contributed by atoms with Crippen LogP contribution in [-0.2, 0) is 4.79 Å². The molecule has 0 saturated heterocycles. The molecule has 16 heavy (non-hydrogen) atoms. The van der Waals surface area contributed by atoms with Crippen molar-refractivity contribution in [3.8, 4) is 0 Å². The summed E-state index contributed by atoms with van der Waals surface area (Å²) in [6.07, 6.45) is 0. The number of Topliss-reactive ketones (excluding diaryl/α,β-unsaturated/α-hetero) is 1. The number of amides is 1. The number of rotatable bonds is 4. The molecule has 0 aliphatic rings. The van der Waals surface area contributed by atoms with Crippen LogP contribution in [0.5, 0.6) is 0 Å². The molecule has 1 atom stereocenters. The van der Waals surface area contributed by atoms with Gasteiger partial charge in [-0.05, 0) is 32.0 Å². The molecule has 0 fully saturated rings. The molecule has 5 N–H and O–H groups in total. The van der Waals surface area contributed by atoms with Crippen LogP contribution >= 0.6 is 0 Å². The zero-order chi connectivity index (χ0) is 12.3. The lowest BCUT2D eigenvalue weighted by atomic mass is 10.1. The summed E-state index contributed by atoms with van der Waals surface area (Å²) in [6.45, 7) is 3.10. The van der Waals surface area contributed by atoms with Crippen molar-refractivity contribution in [2.24, 2.45) is 5.73 Å². The van der Waals surface area contributed by atoms with Crippen molar-refractivity contribution in [2.45, 2.75) is 19.9 Å². The molecule has 1 unspecified atom stereocenters. The van der Waals surface area contributed by atoms with E-state index in [9.17, 15) is 9.59 Å². The number of primary amides is 1. The Bertz CT molecular complexity index is 429. The first-order valence-electron chi connectivity index (χ1n) is 4.88. The minimum absolute atomic E-state index is 0.0907. The maximum absolute atomic E-state index is 11.1. The Morgan fingerprint density at radius 3 is 2.44 bits per heavy atom. The van der Waals surface area contributed by atoms with E-state index in [0.29, 0.717) is 16.9 Å². The van der Waals surface area contributed by atoms with Crippen molar-refractivity contribution in [2.75, 3.05) is 11.1 Å². The molecule has 0 aliphatic carbocycles. The van der Waals surface area contributed by atoms with Gasteiger partial charge in [0.05, 0.1) is 0 Å². The summed E-state index contributed by atoms with van der Waals surface area (Å²) >= 11 is 0. The van der Waals surface area contributed by atoms with Crippen molar-refractivity contribution in [3.63, 3.8) is 0 Å². The van der Waals surface area contributed by atoms with Gasteiger partial charge in [0, 0.05) is 16.9 Å². The number of ketones is 1. The van der Waals surface area contributed by atoms with E-state index in [1.807, 2.05) is 0 Å². The molecular formula is C11H15N3O2. The number of carbonyl (C=O) groups excluding carboxylic acids is 2. The predicted molar refractivity (Wildman–Crippen MR) is 63.1 cm³/mol. The Hall–Kier alpha value is -2.04. The van der Waals surface area contributed by atoms with Gasteiger partial charge in [-0.2, -0.15) is 0 Å². The third kappa shape index (κ3) is 2.73. The lowest BCUT2D eigenvalue weighted by Crippen LogP contribution is -2.32. The highest BCUT2D eigenvalue weighted by Crippen LogP contribution is 2.19. The summed E-state index contributed by atoms with van der Waals surface area (Å²) < 4.78 is 0. The van der Waals surface area contributed by atoms with Gasteiger partial charge in [0.2, 0.25) is 5.91 Å². The van der Waals surface area contributed by atoms with Crippen molar-refractivity contribution in [3.05, 3.63) is 23.8 Å². The zero-order valence-corrected chi connectivity index (χ0v) is 9.28. The molecule has 0 aliphatic heterocycles. The number of benzene rings is 1. The Kier molecular flexibility index (Phi) is 3.50. The smallest absolute Gasteiger partial charge is 0.239 e. The van der Waals surface area contributed by atoms with Gasteiger partial charge in [-0.1, -0.05) is 0 Å². The fourth-order valence-electron chi connectivity index (χ4n) is 1.29. The summed E-state index contributed by atoms with van der Waals surface area (Å²) in [5, 5.41) is 2.88. The number of anilines is 2. The van der Waals surface area contributed by atoms with E-state index >= 15 is 0 Å². The molecule has 1 aromatic rings. The molecule has 5 nitrogen and oxygen atoms in total. The second kappa shape index (κ2) is 4.65. The van der Waals surface area contributed by atoms with E-state index < -0.39 is 11.9 Å². The Morgan fingerprint density at radius 2 is 2.00 bits per heavy atom. The van der Waals surface area contributed by atoms with E-state index in [1.54, 1.807) is 25.1 Å². The summed E-state index contributed by atoms with van der Waals surface area (Å²) in [6, 6.07) is 4.43. The SMILES string of the molecule is CC(=O)c1ccc(NC(C)C(N)=O)cc1N. The average molecular weight is 221 g/mol. The second-order valence-electron chi connectivity index (χ2n) is 3.63. The predicted octanol–water partition coefficient (Wildman–Crippen LogP) is 0.757. The fraction of sp³-hybridized carbons (Fsp3) is 0.273. The van der Waals surface area contributed by atoms with Gasteiger partial charge < -0.3 is 16.8 Å². The van der Waals surface area contributed by atoms with Crippen molar-refractivity contribution in [1.29, 1.82) is 0 Å². The average Bonchev–Trinajstić information content (AvgIpc) is 2.16. The van der Waals surface area contributed by atoms with Crippen LogP contribution < -0.4 is 16.8 Å². The molecule has 0 bridgehead atoms. The summed E-state index contributed by atoms with van der Waals surface area (Å²) in [5.74, 6) is -0.541. The summed E-state index contributed by atoms with van der Waals surface area (Å²) in [4.78, 5) is 22.0. The van der Waals surface area contributed by atoms with Crippen LogP contribution in [0.2, 0.25) is 0 Å². The van der Waals surface area contributed by atoms with Crippen LogP contribution in [0.3, 0.4) is 0 Å². The van der Waals surface area contributed by atoms with Gasteiger partial charge in [-0.15, -0.1) is 0 Å². The standard InChI is InChI=1S/C11H15N3O2/c1-6(11(13)16)14-8-3-4-9(7(2)15)10(12)5-8/h3-6,14H,12H2,1-2H3,(H2,13,16). The number of hydrogen-bond acceptors (Lipinski definition) is 4. The first kappa shape index (κ1) is 12.0. The molecule has 1 amide bonds. The van der Waals surface area contributed by atoms with Crippen molar-refractivity contribution >= 4 is 23.1 Å². The number of carbonyl (C=O) groups is 2. The number of nitrogens with two attached hydrogens (primary N) is 2. The van der Waals surface area contributed by atoms with Crippen molar-refractivity contribution < 1.29 is 9.59 Å². The maximum Gasteiger partial charge on any atom is 0.239 e. The van der Waals surface area contributed by atoms with E-state index in [4.69, 9.17) is 11.5 Å². The highest BCUT2D eigenvalue weighted by atomic mass is 16.1. The molecule has 5 heteroatoms. The summed E-state index contributed by atoms with van der Waals surface area (Å²) in [7, 11) is 0. The quantitative estimate of drug-likeness (QED) is 0.516. The molecule has 0 aromatic heterocycles. The van der Waals surface area contributed by atoms with Crippen LogP contribution in [0.1, 0.15) is 24.2 Å². The fourth-order valence-corrected chi connectivity index (χ4v) is 1.29. The largest absolute Gasteiger partial charge is 0.398 e. The van der Waals surface area contributed by atoms with Gasteiger partial charge in [0.1, 0.15) is 6.04 Å². The third-order valence-electron chi connectivity index (χ3n) is 2.24. The van der Waals surface area contributed by atoms with Crippen LogP contribution in [0.25, 0.3) is 0 Å². The monoisotopic (exact) mass is 221 g/mol. The first-order chi connectivity index (χ1) is 7.41. The van der Waals surface area contributed by atoms with E-state index in [1.165, 1.54) is 6.92 Å². The molecule has 0 saturated carbocycles. The van der Waals surface area contributed by atoms with Gasteiger partial charge in [0.15, 0.2) is 5.78 Å². The topological polar surface area (TPSA) is 98.2 Å². The van der Waals surface area contributed by atoms with Gasteiger partial charge >= 0.3 is 0 Å². The molecule has 86 valence electrons. The maximum atomic E-state index is 11.1. The van der Waals surface area contributed by atoms with Crippen LogP contribution in [0.4, 0.5) is 11.4 Å². The first-order valence-corrected chi connectivity index (χ1v) is 4.88. The molecular weight excluding hydrogens is 206 g/mol. The highest BCUT2D eigenvalue weighted by Gasteiger charge is 2.10.